The van der Waals surface area contributed by atoms with Crippen LogP contribution >= 0.6 is 11.3 Å². The predicted molar refractivity (Wildman–Crippen MR) is 178 cm³/mol. The van der Waals surface area contributed by atoms with Gasteiger partial charge in [0.1, 0.15) is 5.82 Å². The summed E-state index contributed by atoms with van der Waals surface area (Å²) in [5.41, 5.74) is 4.99. The van der Waals surface area contributed by atoms with Gasteiger partial charge < -0.3 is 9.30 Å². The molecular formula is C38H22N4OPtS. The normalized spacial score (nSPS) is 11.4. The minimum Gasteiger partial charge on any atom is -0.509 e. The molecule has 0 N–H and O–H groups in total. The summed E-state index contributed by atoms with van der Waals surface area (Å²) in [4.78, 5) is 4.77. The Morgan fingerprint density at radius 1 is 0.644 bits per heavy atom. The van der Waals surface area contributed by atoms with Crippen molar-refractivity contribution in [3.05, 3.63) is 146 Å². The third-order valence-electron chi connectivity index (χ3n) is 7.94. The van der Waals surface area contributed by atoms with Crippen molar-refractivity contribution in [3.8, 4) is 34.1 Å². The first-order valence-electron chi connectivity index (χ1n) is 14.3. The van der Waals surface area contributed by atoms with Gasteiger partial charge in [-0.25, -0.2) is 4.98 Å². The van der Waals surface area contributed by atoms with Crippen molar-refractivity contribution in [2.75, 3.05) is 0 Å². The van der Waals surface area contributed by atoms with E-state index in [4.69, 9.17) is 9.72 Å². The molecule has 0 unspecified atom stereocenters. The summed E-state index contributed by atoms with van der Waals surface area (Å²) in [5, 5.41) is 9.31. The Balaban J connectivity index is 0.00000300. The zero-order chi connectivity index (χ0) is 29.0. The fourth-order valence-electron chi connectivity index (χ4n) is 5.97. The number of hydrogen-bond acceptors (Lipinski definition) is 4. The van der Waals surface area contributed by atoms with E-state index in [2.05, 4.69) is 76.4 Å². The number of pyridine rings is 1. The summed E-state index contributed by atoms with van der Waals surface area (Å²) >= 11 is 1.82. The molecule has 7 heteroatoms. The largest absolute Gasteiger partial charge is 2.00 e. The van der Waals surface area contributed by atoms with Crippen LogP contribution in [-0.2, 0) is 21.1 Å². The van der Waals surface area contributed by atoms with E-state index in [1.165, 1.54) is 20.2 Å². The Morgan fingerprint density at radius 3 is 2.36 bits per heavy atom. The Kier molecular flexibility index (Phi) is 6.82. The van der Waals surface area contributed by atoms with Gasteiger partial charge in [0.25, 0.3) is 0 Å². The third kappa shape index (κ3) is 4.65. The Labute approximate surface area is 277 Å². The second kappa shape index (κ2) is 11.2. The molecule has 9 aromatic rings. The maximum atomic E-state index is 6.39. The monoisotopic (exact) mass is 777 g/mol. The number of benzene rings is 5. The van der Waals surface area contributed by atoms with Crippen LogP contribution in [0.3, 0.4) is 0 Å². The predicted octanol–water partition coefficient (Wildman–Crippen LogP) is 9.79. The first-order valence-corrected chi connectivity index (χ1v) is 15.1. The van der Waals surface area contributed by atoms with Crippen LogP contribution < -0.4 is 4.74 Å². The van der Waals surface area contributed by atoms with Crippen LogP contribution in [0.1, 0.15) is 0 Å². The molecular weight excluding hydrogens is 756 g/mol. The van der Waals surface area contributed by atoms with Gasteiger partial charge in [0, 0.05) is 49.6 Å². The average molecular weight is 778 g/mol. The summed E-state index contributed by atoms with van der Waals surface area (Å²) in [6, 6.07) is 46.1. The van der Waals surface area contributed by atoms with Gasteiger partial charge in [0.05, 0.1) is 11.7 Å². The molecule has 0 saturated heterocycles. The summed E-state index contributed by atoms with van der Waals surface area (Å²) in [7, 11) is 0. The van der Waals surface area contributed by atoms with Crippen LogP contribution in [0.2, 0.25) is 0 Å². The molecule has 0 amide bonds. The first-order chi connectivity index (χ1) is 21.8. The van der Waals surface area contributed by atoms with Gasteiger partial charge in [-0.05, 0) is 40.9 Å². The number of fused-ring (bicyclic) bond motifs is 7. The molecule has 0 spiro atoms. The minimum absolute atomic E-state index is 0. The van der Waals surface area contributed by atoms with Crippen LogP contribution in [-0.4, -0.2) is 19.3 Å². The molecule has 4 aromatic heterocycles. The summed E-state index contributed by atoms with van der Waals surface area (Å²) in [5.74, 6) is 2.02. The zero-order valence-corrected chi connectivity index (χ0v) is 26.7. The van der Waals surface area contributed by atoms with Crippen molar-refractivity contribution in [3.63, 3.8) is 0 Å². The Morgan fingerprint density at radius 2 is 1.47 bits per heavy atom. The number of nitrogens with zero attached hydrogens (tertiary/aromatic N) is 4. The molecule has 45 heavy (non-hydrogen) atoms. The van der Waals surface area contributed by atoms with Gasteiger partial charge in [0.15, 0.2) is 0 Å². The third-order valence-corrected chi connectivity index (χ3v) is 9.08. The van der Waals surface area contributed by atoms with Crippen LogP contribution in [0.15, 0.2) is 134 Å². The van der Waals surface area contributed by atoms with E-state index >= 15 is 0 Å². The number of hydrogen-bond donors (Lipinski definition) is 0. The maximum Gasteiger partial charge on any atom is 2.00 e. The molecule has 0 saturated carbocycles. The van der Waals surface area contributed by atoms with Crippen LogP contribution in [0.5, 0.6) is 11.5 Å². The van der Waals surface area contributed by atoms with Gasteiger partial charge in [-0.2, -0.15) is 17.2 Å². The van der Waals surface area contributed by atoms with E-state index in [1.807, 2.05) is 95.3 Å². The Hall–Kier alpha value is -5.03. The summed E-state index contributed by atoms with van der Waals surface area (Å²) in [6.45, 7) is 0. The standard InChI is InChI=1S/C38H22N4OS.Pt/c1-2-9-25(10-3-1)26-23-40-41(24-26)27-11-8-12-28(21-27)43-29-16-17-30-31-18-19-35-37(32-13-4-5-14-34(32)44-35)38(31)42(33(30)22-29)36-15-6-7-20-39-36;/h1-20,23-24H;/q-2;+2. The Bertz CT molecular complexity index is 2480. The zero-order valence-electron chi connectivity index (χ0n) is 23.6. The molecule has 4 heterocycles. The van der Waals surface area contributed by atoms with Crippen molar-refractivity contribution >= 4 is 53.3 Å². The molecule has 5 aromatic carbocycles. The molecule has 0 aliphatic carbocycles. The van der Waals surface area contributed by atoms with Crippen LogP contribution in [0, 0.1) is 12.1 Å². The van der Waals surface area contributed by atoms with E-state index in [-0.39, 0.29) is 21.1 Å². The fourth-order valence-corrected chi connectivity index (χ4v) is 7.08. The summed E-state index contributed by atoms with van der Waals surface area (Å²) < 4.78 is 12.9. The number of aromatic nitrogens is 4. The SMILES string of the molecule is [Pt+2].[c-]1c(Oc2[c-]c3c(cc2)c2ccc4sc5ccccc5c4c2n3-c2ccccn2)cccc1-n1cc(-c2ccccc2)cn1. The van der Waals surface area contributed by atoms with Crippen LogP contribution in [0.4, 0.5) is 0 Å². The van der Waals surface area contributed by atoms with E-state index in [0.29, 0.717) is 11.5 Å². The van der Waals surface area contributed by atoms with Crippen LogP contribution in [0.25, 0.3) is 64.6 Å². The second-order valence-electron chi connectivity index (χ2n) is 10.6. The molecule has 9 rings (SSSR count). The van der Waals surface area contributed by atoms with Gasteiger partial charge >= 0.3 is 21.1 Å². The minimum atomic E-state index is 0. The molecule has 0 atom stereocenters. The molecule has 0 radical (unpaired) electrons. The van der Waals surface area contributed by atoms with E-state index < -0.39 is 0 Å². The van der Waals surface area contributed by atoms with Crippen molar-refractivity contribution in [2.45, 2.75) is 0 Å². The van der Waals surface area contributed by atoms with E-state index in [9.17, 15) is 0 Å². The topological polar surface area (TPSA) is 44.9 Å². The maximum absolute atomic E-state index is 6.39. The molecule has 0 fully saturated rings. The molecule has 0 aliphatic rings. The second-order valence-corrected chi connectivity index (χ2v) is 11.7. The average Bonchev–Trinajstić information content (AvgIpc) is 3.80. The van der Waals surface area contributed by atoms with Gasteiger partial charge in [-0.3, -0.25) is 4.68 Å². The van der Waals surface area contributed by atoms with E-state index in [1.54, 1.807) is 0 Å². The van der Waals surface area contributed by atoms with Gasteiger partial charge in [-0.15, -0.1) is 47.1 Å². The summed E-state index contributed by atoms with van der Waals surface area (Å²) in [6.07, 6.45) is 5.70. The van der Waals surface area contributed by atoms with Gasteiger partial charge in [0.2, 0.25) is 0 Å². The first kappa shape index (κ1) is 27.5. The quantitative estimate of drug-likeness (QED) is 0.164. The number of rotatable bonds is 5. The van der Waals surface area contributed by atoms with Crippen molar-refractivity contribution in [2.24, 2.45) is 0 Å². The molecule has 216 valence electrons. The smallest absolute Gasteiger partial charge is 0.509 e. The van der Waals surface area contributed by atoms with E-state index in [0.717, 1.165) is 44.4 Å². The van der Waals surface area contributed by atoms with Crippen molar-refractivity contribution in [1.82, 2.24) is 19.3 Å². The van der Waals surface area contributed by atoms with Crippen molar-refractivity contribution < 1.29 is 25.8 Å². The fraction of sp³-hybridized carbons (Fsp3) is 0. The molecule has 0 aliphatic heterocycles. The van der Waals surface area contributed by atoms with Gasteiger partial charge in [-0.1, -0.05) is 66.2 Å². The number of ether oxygens (including phenoxy) is 1. The number of thiophene rings is 1. The molecule has 0 bridgehead atoms. The molecule has 5 nitrogen and oxygen atoms in total. The van der Waals surface area contributed by atoms with Crippen molar-refractivity contribution in [1.29, 1.82) is 0 Å².